The molecule has 4 aliphatic rings. The monoisotopic (exact) mass is 576 g/mol. The van der Waals surface area contributed by atoms with Crippen LogP contribution in [0.15, 0.2) is 36.4 Å². The van der Waals surface area contributed by atoms with E-state index in [0.717, 1.165) is 24.2 Å². The molecule has 0 bridgehead atoms. The van der Waals surface area contributed by atoms with Gasteiger partial charge in [0.15, 0.2) is 5.78 Å². The molecule has 0 N–H and O–H groups in total. The van der Waals surface area contributed by atoms with E-state index in [1.807, 2.05) is 0 Å². The number of hydrogen-bond acceptors (Lipinski definition) is 5. The van der Waals surface area contributed by atoms with Gasteiger partial charge in [-0.3, -0.25) is 14.6 Å². The van der Waals surface area contributed by atoms with Crippen LogP contribution in [-0.2, 0) is 13.1 Å². The number of thioether (sulfide) groups is 2. The van der Waals surface area contributed by atoms with Gasteiger partial charge in [0.05, 0.1) is 0 Å². The quantitative estimate of drug-likeness (QED) is 0.296. The van der Waals surface area contributed by atoms with Crippen molar-refractivity contribution < 1.29 is 4.79 Å². The van der Waals surface area contributed by atoms with Crippen LogP contribution in [0, 0.1) is 0 Å². The molecule has 4 fully saturated rings. The lowest BCUT2D eigenvalue weighted by atomic mass is 9.77. The highest BCUT2D eigenvalue weighted by Crippen LogP contribution is 2.39. The van der Waals surface area contributed by atoms with Gasteiger partial charge in [0.25, 0.3) is 0 Å². The summed E-state index contributed by atoms with van der Waals surface area (Å²) in [5, 5.41) is 0. The van der Waals surface area contributed by atoms with Crippen molar-refractivity contribution in [2.45, 2.75) is 89.1 Å². The fourth-order valence-electron chi connectivity index (χ4n) is 7.52. The van der Waals surface area contributed by atoms with E-state index in [2.05, 4.69) is 69.7 Å². The molecule has 216 valence electrons. The minimum atomic E-state index is 0.281. The summed E-state index contributed by atoms with van der Waals surface area (Å²) in [7, 11) is 0. The third kappa shape index (κ3) is 7.19. The average Bonchev–Trinajstić information content (AvgIpc) is 3.02. The smallest absolute Gasteiger partial charge is 0.193 e. The summed E-state index contributed by atoms with van der Waals surface area (Å²) in [6.07, 6.45) is 12.8. The maximum absolute atomic E-state index is 14.5. The summed E-state index contributed by atoms with van der Waals surface area (Å²) in [6.45, 7) is 6.75. The Morgan fingerprint density at radius 2 is 1.00 bits per heavy atom. The van der Waals surface area contributed by atoms with Gasteiger partial charge < -0.3 is 0 Å². The maximum Gasteiger partial charge on any atom is 0.193 e. The number of rotatable bonds is 8. The Bertz CT molecular complexity index is 1040. The van der Waals surface area contributed by atoms with Gasteiger partial charge in [-0.2, -0.15) is 23.5 Å². The first-order chi connectivity index (χ1) is 19.7. The van der Waals surface area contributed by atoms with Crippen molar-refractivity contribution in [1.82, 2.24) is 9.80 Å². The Morgan fingerprint density at radius 1 is 0.600 bits per heavy atom. The van der Waals surface area contributed by atoms with E-state index in [1.54, 1.807) is 0 Å². The van der Waals surface area contributed by atoms with Crippen molar-refractivity contribution in [2.24, 2.45) is 0 Å². The molecule has 0 radical (unpaired) electrons. The Kier molecular flexibility index (Phi) is 10.3. The number of carbonyl (C=O) groups excluding carboxylic acids is 1. The minimum Gasteiger partial charge on any atom is -0.297 e. The summed E-state index contributed by atoms with van der Waals surface area (Å²) in [4.78, 5) is 19.7. The second kappa shape index (κ2) is 14.3. The van der Waals surface area contributed by atoms with Crippen LogP contribution in [0.5, 0.6) is 0 Å². The number of hydrogen-bond donors (Lipinski definition) is 0. The molecule has 0 atom stereocenters. The van der Waals surface area contributed by atoms with Gasteiger partial charge in [-0.1, -0.05) is 74.9 Å². The van der Waals surface area contributed by atoms with Gasteiger partial charge in [-0.05, 0) is 59.8 Å². The van der Waals surface area contributed by atoms with Crippen molar-refractivity contribution in [3.05, 3.63) is 69.8 Å². The lowest BCUT2D eigenvalue weighted by Crippen LogP contribution is -2.32. The van der Waals surface area contributed by atoms with Crippen LogP contribution >= 0.6 is 23.5 Å². The molecular weight excluding hydrogens is 529 g/mol. The Hall–Kier alpha value is -1.27. The first kappa shape index (κ1) is 28.8. The highest BCUT2D eigenvalue weighted by atomic mass is 32.2. The van der Waals surface area contributed by atoms with E-state index >= 15 is 0 Å². The summed E-state index contributed by atoms with van der Waals surface area (Å²) in [5.41, 5.74) is 7.46. The van der Waals surface area contributed by atoms with E-state index < -0.39 is 0 Å². The highest BCUT2D eigenvalue weighted by molar-refractivity contribution is 7.99. The third-order valence-corrected chi connectivity index (χ3v) is 11.7. The zero-order valence-electron chi connectivity index (χ0n) is 24.4. The zero-order valence-corrected chi connectivity index (χ0v) is 26.0. The number of benzene rings is 2. The summed E-state index contributed by atoms with van der Waals surface area (Å²) < 4.78 is 0. The lowest BCUT2D eigenvalue weighted by Gasteiger charge is -2.29. The molecule has 2 aliphatic carbocycles. The van der Waals surface area contributed by atoms with Gasteiger partial charge in [0, 0.05) is 73.4 Å². The molecule has 0 amide bonds. The summed E-state index contributed by atoms with van der Waals surface area (Å²) >= 11 is 4.15. The highest BCUT2D eigenvalue weighted by Gasteiger charge is 2.27. The molecule has 3 nitrogen and oxygen atoms in total. The Balaban J connectivity index is 1.32. The minimum absolute atomic E-state index is 0.281. The van der Waals surface area contributed by atoms with Crippen molar-refractivity contribution in [3.8, 4) is 0 Å². The van der Waals surface area contributed by atoms with Crippen LogP contribution in [0.1, 0.15) is 114 Å². The first-order valence-electron chi connectivity index (χ1n) is 16.1. The van der Waals surface area contributed by atoms with Crippen LogP contribution < -0.4 is 0 Å². The predicted molar refractivity (Wildman–Crippen MR) is 173 cm³/mol. The van der Waals surface area contributed by atoms with Crippen molar-refractivity contribution >= 4 is 29.3 Å². The van der Waals surface area contributed by atoms with Crippen molar-refractivity contribution in [2.75, 3.05) is 49.2 Å². The lowest BCUT2D eigenvalue weighted by molar-refractivity contribution is 0.103. The van der Waals surface area contributed by atoms with E-state index in [9.17, 15) is 4.79 Å². The number of carbonyl (C=O) groups is 1. The van der Waals surface area contributed by atoms with Gasteiger partial charge in [0.1, 0.15) is 0 Å². The number of nitrogens with zero attached hydrogens (tertiary/aromatic N) is 2. The van der Waals surface area contributed by atoms with Gasteiger partial charge in [-0.25, -0.2) is 0 Å². The van der Waals surface area contributed by atoms with Crippen molar-refractivity contribution in [3.63, 3.8) is 0 Å². The first-order valence-corrected chi connectivity index (χ1v) is 18.5. The molecule has 2 aromatic rings. The topological polar surface area (TPSA) is 23.6 Å². The molecule has 0 unspecified atom stereocenters. The van der Waals surface area contributed by atoms with E-state index in [1.165, 1.54) is 136 Å². The standard InChI is InChI=1S/C35H48N2OS2/c38-35(31-13-11-27(25-36-15-19-39-20-16-36)23-33(31)29-7-3-1-4-8-29)32-14-12-28(26-37-17-21-40-22-18-37)24-34(32)30-9-5-2-6-10-30/h11-14,23-24,29-30H,1-10,15-22,25-26H2. The summed E-state index contributed by atoms with van der Waals surface area (Å²) in [6, 6.07) is 13.8. The predicted octanol–water partition coefficient (Wildman–Crippen LogP) is 8.11. The fourth-order valence-corrected chi connectivity index (χ4v) is 9.47. The van der Waals surface area contributed by atoms with Crippen LogP contribution in [0.2, 0.25) is 0 Å². The molecule has 40 heavy (non-hydrogen) atoms. The number of ketones is 1. The van der Waals surface area contributed by atoms with Crippen LogP contribution in [0.4, 0.5) is 0 Å². The molecule has 2 aliphatic heterocycles. The molecule has 0 spiro atoms. The van der Waals surface area contributed by atoms with Crippen LogP contribution in [-0.4, -0.2) is 64.8 Å². The summed E-state index contributed by atoms with van der Waals surface area (Å²) in [5.74, 6) is 6.29. The van der Waals surface area contributed by atoms with Crippen LogP contribution in [0.25, 0.3) is 0 Å². The third-order valence-electron chi connectivity index (χ3n) is 9.83. The second-order valence-electron chi connectivity index (χ2n) is 12.6. The molecule has 6 rings (SSSR count). The van der Waals surface area contributed by atoms with Crippen LogP contribution in [0.3, 0.4) is 0 Å². The Labute approximate surface area is 251 Å². The Morgan fingerprint density at radius 3 is 1.40 bits per heavy atom. The normalized spacial score (nSPS) is 22.4. The van der Waals surface area contributed by atoms with Gasteiger partial charge in [-0.15, -0.1) is 0 Å². The van der Waals surface area contributed by atoms with E-state index in [0.29, 0.717) is 11.8 Å². The molecule has 2 saturated carbocycles. The van der Waals surface area contributed by atoms with Gasteiger partial charge in [0.2, 0.25) is 0 Å². The maximum atomic E-state index is 14.5. The fraction of sp³-hybridized carbons (Fsp3) is 0.629. The molecule has 2 aromatic carbocycles. The SMILES string of the molecule is O=C(c1ccc(CN2CCSCC2)cc1C1CCCCC1)c1ccc(CN2CCSCC2)cc1C1CCCCC1. The van der Waals surface area contributed by atoms with E-state index in [-0.39, 0.29) is 5.78 Å². The van der Waals surface area contributed by atoms with Crippen molar-refractivity contribution in [1.29, 1.82) is 0 Å². The molecular formula is C35H48N2OS2. The second-order valence-corrected chi connectivity index (χ2v) is 15.1. The molecule has 0 aromatic heterocycles. The molecule has 2 saturated heterocycles. The zero-order chi connectivity index (χ0) is 27.1. The largest absolute Gasteiger partial charge is 0.297 e. The van der Waals surface area contributed by atoms with Gasteiger partial charge >= 0.3 is 0 Å². The molecule has 5 heteroatoms. The molecule has 2 heterocycles. The average molecular weight is 577 g/mol. The van der Waals surface area contributed by atoms with E-state index in [4.69, 9.17) is 0 Å².